The molecule has 1 saturated carbocycles. The quantitative estimate of drug-likeness (QED) is 0.524. The first-order chi connectivity index (χ1) is 7.05. The predicted molar refractivity (Wildman–Crippen MR) is 61.3 cm³/mol. The molecular formula is C13H20O2. The van der Waals surface area contributed by atoms with Gasteiger partial charge in [-0.1, -0.05) is 45.1 Å². The summed E-state index contributed by atoms with van der Waals surface area (Å²) in [6.45, 7) is 6.31. The average molecular weight is 208 g/mol. The third kappa shape index (κ3) is 2.49. The summed E-state index contributed by atoms with van der Waals surface area (Å²) in [6.07, 6.45) is 9.30. The van der Waals surface area contributed by atoms with Gasteiger partial charge < -0.3 is 4.74 Å². The molecule has 1 aliphatic carbocycles. The summed E-state index contributed by atoms with van der Waals surface area (Å²) < 4.78 is 4.78. The molecule has 0 radical (unpaired) electrons. The largest absolute Gasteiger partial charge is 0.469 e. The van der Waals surface area contributed by atoms with Gasteiger partial charge in [-0.2, -0.15) is 0 Å². The van der Waals surface area contributed by atoms with Gasteiger partial charge in [0.05, 0.1) is 13.0 Å². The molecule has 1 aliphatic rings. The lowest BCUT2D eigenvalue weighted by Gasteiger charge is -1.98. The van der Waals surface area contributed by atoms with E-state index in [0.29, 0.717) is 5.92 Å². The summed E-state index contributed by atoms with van der Waals surface area (Å²) in [5.74, 6) is 0.273. The van der Waals surface area contributed by atoms with Crippen LogP contribution in [0.4, 0.5) is 0 Å². The number of carbonyl (C=O) groups excluding carboxylic acids is 1. The molecule has 2 heteroatoms. The minimum absolute atomic E-state index is 0.0359. The Morgan fingerprint density at radius 1 is 1.40 bits per heavy atom. The van der Waals surface area contributed by atoms with Gasteiger partial charge in [0.25, 0.3) is 0 Å². The molecular weight excluding hydrogens is 188 g/mol. The van der Waals surface area contributed by atoms with E-state index in [0.717, 1.165) is 6.42 Å². The second-order valence-corrected chi connectivity index (χ2v) is 4.57. The van der Waals surface area contributed by atoms with Crippen LogP contribution in [0.1, 0.15) is 27.2 Å². The van der Waals surface area contributed by atoms with Crippen LogP contribution in [0.2, 0.25) is 0 Å². The van der Waals surface area contributed by atoms with Crippen LogP contribution in [0.25, 0.3) is 0 Å². The first-order valence-corrected chi connectivity index (χ1v) is 5.46. The molecule has 1 fully saturated rings. The van der Waals surface area contributed by atoms with Crippen molar-refractivity contribution in [2.24, 2.45) is 17.3 Å². The van der Waals surface area contributed by atoms with Gasteiger partial charge >= 0.3 is 5.97 Å². The summed E-state index contributed by atoms with van der Waals surface area (Å²) in [5.41, 5.74) is 0.0592. The highest BCUT2D eigenvalue weighted by molar-refractivity contribution is 5.78. The Kier molecular flexibility index (Phi) is 3.72. The molecule has 0 N–H and O–H groups in total. The van der Waals surface area contributed by atoms with Crippen molar-refractivity contribution in [1.29, 1.82) is 0 Å². The lowest BCUT2D eigenvalue weighted by atomic mass is 10.1. The molecule has 2 atom stereocenters. The maximum absolute atomic E-state index is 11.4. The van der Waals surface area contributed by atoms with E-state index in [1.54, 1.807) is 0 Å². The van der Waals surface area contributed by atoms with Crippen molar-refractivity contribution >= 4 is 5.97 Å². The maximum Gasteiger partial charge on any atom is 0.309 e. The lowest BCUT2D eigenvalue weighted by Crippen LogP contribution is -2.07. The topological polar surface area (TPSA) is 26.3 Å². The Balaban J connectivity index is 2.55. The van der Waals surface area contributed by atoms with Crippen molar-refractivity contribution in [2.45, 2.75) is 27.2 Å². The highest BCUT2D eigenvalue weighted by atomic mass is 16.5. The van der Waals surface area contributed by atoms with Crippen molar-refractivity contribution in [3.63, 3.8) is 0 Å². The van der Waals surface area contributed by atoms with Gasteiger partial charge in [-0.05, 0) is 17.8 Å². The smallest absolute Gasteiger partial charge is 0.309 e. The highest BCUT2D eigenvalue weighted by Gasteiger charge is 2.61. The van der Waals surface area contributed by atoms with Crippen LogP contribution in [0, 0.1) is 17.3 Å². The Morgan fingerprint density at radius 2 is 2.07 bits per heavy atom. The molecule has 2 nitrogen and oxygen atoms in total. The molecule has 0 heterocycles. The monoisotopic (exact) mass is 208 g/mol. The SMILES string of the molecule is CCC=CC=CC1C(C(=O)OC)C1(C)C. The standard InChI is InChI=1S/C13H20O2/c1-5-6-7-8-9-10-11(12(14)15-4)13(10,2)3/h6-11H,5H2,1-4H3. The fourth-order valence-corrected chi connectivity index (χ4v) is 2.01. The van der Waals surface area contributed by atoms with Crippen molar-refractivity contribution in [3.8, 4) is 0 Å². The molecule has 0 aromatic carbocycles. The fraction of sp³-hybridized carbons (Fsp3) is 0.615. The lowest BCUT2D eigenvalue weighted by molar-refractivity contribution is -0.143. The van der Waals surface area contributed by atoms with Gasteiger partial charge in [0.1, 0.15) is 0 Å². The highest BCUT2D eigenvalue weighted by Crippen LogP contribution is 2.59. The average Bonchev–Trinajstić information content (AvgIpc) is 2.74. The molecule has 0 bridgehead atoms. The molecule has 84 valence electrons. The number of allylic oxidation sites excluding steroid dienone is 4. The van der Waals surface area contributed by atoms with Crippen LogP contribution in [0.5, 0.6) is 0 Å². The van der Waals surface area contributed by atoms with Crippen molar-refractivity contribution in [3.05, 3.63) is 24.3 Å². The minimum Gasteiger partial charge on any atom is -0.469 e. The van der Waals surface area contributed by atoms with Crippen LogP contribution < -0.4 is 0 Å². The van der Waals surface area contributed by atoms with E-state index in [1.165, 1.54) is 7.11 Å². The Bertz CT molecular complexity index is 287. The number of hydrogen-bond donors (Lipinski definition) is 0. The van der Waals surface area contributed by atoms with Crippen LogP contribution in [-0.4, -0.2) is 13.1 Å². The maximum atomic E-state index is 11.4. The van der Waals surface area contributed by atoms with Crippen LogP contribution in [0.3, 0.4) is 0 Å². The Hall–Kier alpha value is -1.05. The predicted octanol–water partition coefficient (Wildman–Crippen LogP) is 2.95. The van der Waals surface area contributed by atoms with Gasteiger partial charge in [-0.3, -0.25) is 4.79 Å². The molecule has 15 heavy (non-hydrogen) atoms. The summed E-state index contributed by atoms with van der Waals surface area (Å²) in [4.78, 5) is 11.4. The zero-order valence-corrected chi connectivity index (χ0v) is 9.99. The summed E-state index contributed by atoms with van der Waals surface area (Å²) in [7, 11) is 1.45. The number of hydrogen-bond acceptors (Lipinski definition) is 2. The minimum atomic E-state index is -0.0888. The third-order valence-corrected chi connectivity index (χ3v) is 3.17. The molecule has 0 amide bonds. The zero-order chi connectivity index (χ0) is 11.5. The molecule has 0 aromatic rings. The van der Waals surface area contributed by atoms with Crippen LogP contribution in [-0.2, 0) is 9.53 Å². The van der Waals surface area contributed by atoms with Crippen molar-refractivity contribution in [2.75, 3.05) is 7.11 Å². The number of carbonyl (C=O) groups is 1. The van der Waals surface area contributed by atoms with Gasteiger partial charge in [-0.15, -0.1) is 0 Å². The first-order valence-electron chi connectivity index (χ1n) is 5.46. The van der Waals surface area contributed by atoms with E-state index in [2.05, 4.69) is 32.9 Å². The van der Waals surface area contributed by atoms with Crippen LogP contribution in [0.15, 0.2) is 24.3 Å². The number of rotatable bonds is 4. The zero-order valence-electron chi connectivity index (χ0n) is 9.99. The van der Waals surface area contributed by atoms with Gasteiger partial charge in [-0.25, -0.2) is 0 Å². The van der Waals surface area contributed by atoms with Gasteiger partial charge in [0, 0.05) is 0 Å². The van der Waals surface area contributed by atoms with Crippen molar-refractivity contribution < 1.29 is 9.53 Å². The van der Waals surface area contributed by atoms with E-state index < -0.39 is 0 Å². The molecule has 0 saturated heterocycles. The number of ether oxygens (including phenoxy) is 1. The van der Waals surface area contributed by atoms with E-state index in [1.807, 2.05) is 12.2 Å². The molecule has 0 aliphatic heterocycles. The Labute approximate surface area is 92.0 Å². The van der Waals surface area contributed by atoms with E-state index >= 15 is 0 Å². The number of methoxy groups -OCH3 is 1. The van der Waals surface area contributed by atoms with E-state index in [9.17, 15) is 4.79 Å². The summed E-state index contributed by atoms with van der Waals surface area (Å²) >= 11 is 0. The molecule has 1 rings (SSSR count). The van der Waals surface area contributed by atoms with Crippen molar-refractivity contribution in [1.82, 2.24) is 0 Å². The molecule has 0 spiro atoms. The fourth-order valence-electron chi connectivity index (χ4n) is 2.01. The number of esters is 1. The second-order valence-electron chi connectivity index (χ2n) is 4.57. The van der Waals surface area contributed by atoms with E-state index in [4.69, 9.17) is 4.74 Å². The first kappa shape index (κ1) is 12.0. The van der Waals surface area contributed by atoms with Gasteiger partial charge in [0.2, 0.25) is 0 Å². The molecule has 2 unspecified atom stereocenters. The summed E-state index contributed by atoms with van der Waals surface area (Å²) in [6, 6.07) is 0. The third-order valence-electron chi connectivity index (χ3n) is 3.17. The summed E-state index contributed by atoms with van der Waals surface area (Å²) in [5, 5.41) is 0. The van der Waals surface area contributed by atoms with Gasteiger partial charge in [0.15, 0.2) is 0 Å². The van der Waals surface area contributed by atoms with Crippen LogP contribution >= 0.6 is 0 Å². The molecule has 0 aromatic heterocycles. The van der Waals surface area contributed by atoms with E-state index in [-0.39, 0.29) is 17.3 Å². The second kappa shape index (κ2) is 4.65. The Morgan fingerprint density at radius 3 is 2.60 bits per heavy atom. The normalized spacial score (nSPS) is 28.5.